The van der Waals surface area contributed by atoms with E-state index in [2.05, 4.69) is 9.88 Å². The van der Waals surface area contributed by atoms with Crippen molar-refractivity contribution in [1.29, 1.82) is 0 Å². The first-order chi connectivity index (χ1) is 8.22. The largest absolute Gasteiger partial charge is 0.369 e. The molecule has 0 radical (unpaired) electrons. The van der Waals surface area contributed by atoms with E-state index in [0.717, 1.165) is 29.8 Å². The van der Waals surface area contributed by atoms with Crippen LogP contribution in [0.15, 0.2) is 29.8 Å². The first-order valence-electron chi connectivity index (χ1n) is 5.36. The molecule has 0 N–H and O–H groups in total. The minimum Gasteiger partial charge on any atom is -0.369 e. The summed E-state index contributed by atoms with van der Waals surface area (Å²) in [5, 5.41) is 0. The normalized spacial score (nSPS) is 10.2. The predicted molar refractivity (Wildman–Crippen MR) is 70.8 cm³/mol. The molecule has 0 spiro atoms. The number of aromatic nitrogens is 1. The number of hydrogen-bond donors (Lipinski definition) is 0. The van der Waals surface area contributed by atoms with Crippen molar-refractivity contribution in [3.63, 3.8) is 0 Å². The summed E-state index contributed by atoms with van der Waals surface area (Å²) in [5.41, 5.74) is 4.59. The van der Waals surface area contributed by atoms with Gasteiger partial charge in [0, 0.05) is 23.2 Å². The maximum atomic E-state index is 11.0. The Bertz CT molecular complexity index is 522. The number of rotatable bonds is 4. The van der Waals surface area contributed by atoms with Gasteiger partial charge in [-0.15, -0.1) is 11.3 Å². The topological polar surface area (TPSA) is 33.2 Å². The molecule has 1 aromatic carbocycles. The van der Waals surface area contributed by atoms with Crippen molar-refractivity contribution in [2.45, 2.75) is 13.5 Å². The molecule has 0 aliphatic rings. The fourth-order valence-electron chi connectivity index (χ4n) is 1.71. The lowest BCUT2D eigenvalue weighted by atomic mass is 10.2. The Morgan fingerprint density at radius 3 is 2.82 bits per heavy atom. The standard InChI is InChI=1S/C13H14N2OS/c1-10-13(17-9-14-10)7-15(2)12-6-4-3-5-11(12)8-16/h3-6,8-9H,7H2,1-2H3. The van der Waals surface area contributed by atoms with Gasteiger partial charge < -0.3 is 4.90 Å². The van der Waals surface area contributed by atoms with Gasteiger partial charge in [0.05, 0.1) is 17.7 Å². The van der Waals surface area contributed by atoms with Crippen LogP contribution in [0.1, 0.15) is 20.9 Å². The van der Waals surface area contributed by atoms with Crippen LogP contribution in [0, 0.1) is 6.92 Å². The van der Waals surface area contributed by atoms with Crippen LogP contribution in [0.4, 0.5) is 5.69 Å². The SMILES string of the molecule is Cc1ncsc1CN(C)c1ccccc1C=O. The number of nitrogens with zero attached hydrogens (tertiary/aromatic N) is 2. The molecule has 0 saturated heterocycles. The van der Waals surface area contributed by atoms with Crippen molar-refractivity contribution < 1.29 is 4.79 Å². The van der Waals surface area contributed by atoms with Crippen molar-refractivity contribution in [2.75, 3.05) is 11.9 Å². The minimum atomic E-state index is 0.720. The molecule has 0 atom stereocenters. The molecule has 2 aromatic rings. The highest BCUT2D eigenvalue weighted by molar-refractivity contribution is 7.09. The Balaban J connectivity index is 2.23. The van der Waals surface area contributed by atoms with Gasteiger partial charge in [-0.25, -0.2) is 4.98 Å². The second-order valence-electron chi connectivity index (χ2n) is 3.89. The second kappa shape index (κ2) is 5.10. The number of carbonyl (C=O) groups is 1. The minimum absolute atomic E-state index is 0.720. The highest BCUT2D eigenvalue weighted by atomic mass is 32.1. The molecule has 2 rings (SSSR count). The first-order valence-corrected chi connectivity index (χ1v) is 6.24. The number of aryl methyl sites for hydroxylation is 1. The van der Waals surface area contributed by atoms with Gasteiger partial charge in [0.25, 0.3) is 0 Å². The zero-order chi connectivity index (χ0) is 12.3. The van der Waals surface area contributed by atoms with Crippen LogP contribution in [-0.4, -0.2) is 18.3 Å². The van der Waals surface area contributed by atoms with Crippen LogP contribution in [0.25, 0.3) is 0 Å². The van der Waals surface area contributed by atoms with Gasteiger partial charge in [-0.2, -0.15) is 0 Å². The van der Waals surface area contributed by atoms with Crippen LogP contribution in [-0.2, 0) is 6.54 Å². The van der Waals surface area contributed by atoms with E-state index in [1.165, 1.54) is 4.88 Å². The van der Waals surface area contributed by atoms with E-state index in [0.29, 0.717) is 0 Å². The second-order valence-corrected chi connectivity index (χ2v) is 4.83. The van der Waals surface area contributed by atoms with E-state index in [4.69, 9.17) is 0 Å². The number of anilines is 1. The van der Waals surface area contributed by atoms with Crippen LogP contribution in [0.5, 0.6) is 0 Å². The highest BCUT2D eigenvalue weighted by Gasteiger charge is 2.09. The summed E-state index contributed by atoms with van der Waals surface area (Å²) >= 11 is 1.64. The van der Waals surface area contributed by atoms with E-state index < -0.39 is 0 Å². The third-order valence-electron chi connectivity index (χ3n) is 2.70. The molecule has 0 fully saturated rings. The summed E-state index contributed by atoms with van der Waals surface area (Å²) in [6.45, 7) is 2.78. The summed E-state index contributed by atoms with van der Waals surface area (Å²) in [5.74, 6) is 0. The van der Waals surface area contributed by atoms with E-state index in [9.17, 15) is 4.79 Å². The van der Waals surface area contributed by atoms with Crippen LogP contribution in [0.3, 0.4) is 0 Å². The molecular weight excluding hydrogens is 232 g/mol. The number of benzene rings is 1. The molecule has 4 heteroatoms. The van der Waals surface area contributed by atoms with E-state index in [-0.39, 0.29) is 0 Å². The Morgan fingerprint density at radius 2 is 2.18 bits per heavy atom. The molecule has 0 amide bonds. The quantitative estimate of drug-likeness (QED) is 0.778. The first kappa shape index (κ1) is 11.8. The van der Waals surface area contributed by atoms with Crippen LogP contribution in [0.2, 0.25) is 0 Å². The summed E-state index contributed by atoms with van der Waals surface area (Å²) in [4.78, 5) is 18.5. The number of aldehydes is 1. The number of hydrogen-bond acceptors (Lipinski definition) is 4. The number of carbonyl (C=O) groups excluding carboxylic acids is 1. The Hall–Kier alpha value is -1.68. The van der Waals surface area contributed by atoms with E-state index in [1.807, 2.05) is 43.7 Å². The molecule has 3 nitrogen and oxygen atoms in total. The summed E-state index contributed by atoms with van der Waals surface area (Å²) < 4.78 is 0. The molecule has 1 aromatic heterocycles. The molecule has 17 heavy (non-hydrogen) atoms. The Morgan fingerprint density at radius 1 is 1.41 bits per heavy atom. The molecule has 0 bridgehead atoms. The van der Waals surface area contributed by atoms with E-state index in [1.54, 1.807) is 11.3 Å². The summed E-state index contributed by atoms with van der Waals surface area (Å²) in [6, 6.07) is 7.61. The molecule has 88 valence electrons. The van der Waals surface area contributed by atoms with Crippen molar-refractivity contribution in [3.05, 3.63) is 45.9 Å². The van der Waals surface area contributed by atoms with Gasteiger partial charge in [0.15, 0.2) is 6.29 Å². The monoisotopic (exact) mass is 246 g/mol. The average Bonchev–Trinajstić information content (AvgIpc) is 2.75. The molecular formula is C13H14N2OS. The lowest BCUT2D eigenvalue weighted by Crippen LogP contribution is -2.17. The lowest BCUT2D eigenvalue weighted by Gasteiger charge is -2.20. The fourth-order valence-corrected chi connectivity index (χ4v) is 2.54. The van der Waals surface area contributed by atoms with E-state index >= 15 is 0 Å². The van der Waals surface area contributed by atoms with Gasteiger partial charge in [-0.3, -0.25) is 4.79 Å². The van der Waals surface area contributed by atoms with Crippen LogP contribution >= 0.6 is 11.3 Å². The Kier molecular flexibility index (Phi) is 3.54. The van der Waals surface area contributed by atoms with Gasteiger partial charge in [-0.05, 0) is 19.1 Å². The van der Waals surface area contributed by atoms with Crippen molar-refractivity contribution in [2.24, 2.45) is 0 Å². The van der Waals surface area contributed by atoms with Gasteiger partial charge in [0.2, 0.25) is 0 Å². The maximum Gasteiger partial charge on any atom is 0.152 e. The number of thiazole rings is 1. The summed E-state index contributed by atoms with van der Waals surface area (Å²) in [6.07, 6.45) is 0.894. The highest BCUT2D eigenvalue weighted by Crippen LogP contribution is 2.22. The zero-order valence-electron chi connectivity index (χ0n) is 9.88. The smallest absolute Gasteiger partial charge is 0.152 e. The van der Waals surface area contributed by atoms with Gasteiger partial charge in [-0.1, -0.05) is 12.1 Å². The summed E-state index contributed by atoms with van der Waals surface area (Å²) in [7, 11) is 1.99. The molecule has 0 saturated carbocycles. The molecule has 1 heterocycles. The van der Waals surface area contributed by atoms with Crippen molar-refractivity contribution in [1.82, 2.24) is 4.98 Å². The predicted octanol–water partition coefficient (Wildman–Crippen LogP) is 2.90. The zero-order valence-corrected chi connectivity index (χ0v) is 10.7. The lowest BCUT2D eigenvalue weighted by molar-refractivity contribution is 0.112. The maximum absolute atomic E-state index is 11.0. The molecule has 0 aliphatic heterocycles. The molecule has 0 aliphatic carbocycles. The Labute approximate surface area is 105 Å². The van der Waals surface area contributed by atoms with Crippen molar-refractivity contribution in [3.8, 4) is 0 Å². The van der Waals surface area contributed by atoms with Crippen molar-refractivity contribution >= 4 is 23.3 Å². The van der Waals surface area contributed by atoms with Gasteiger partial charge >= 0.3 is 0 Å². The molecule has 0 unspecified atom stereocenters. The van der Waals surface area contributed by atoms with Gasteiger partial charge in [0.1, 0.15) is 0 Å². The van der Waals surface area contributed by atoms with Crippen LogP contribution < -0.4 is 4.90 Å². The third kappa shape index (κ3) is 2.53. The number of para-hydroxylation sites is 1. The fraction of sp³-hybridized carbons (Fsp3) is 0.231. The third-order valence-corrected chi connectivity index (χ3v) is 3.62. The average molecular weight is 246 g/mol.